The highest BCUT2D eigenvalue weighted by atomic mass is 16.5. The third kappa shape index (κ3) is 3.04. The summed E-state index contributed by atoms with van der Waals surface area (Å²) >= 11 is 0. The molecule has 1 aromatic carbocycles. The van der Waals surface area contributed by atoms with Crippen LogP contribution >= 0.6 is 0 Å². The molecule has 0 aliphatic carbocycles. The van der Waals surface area contributed by atoms with E-state index < -0.39 is 0 Å². The molecule has 2 aromatic rings. The first-order valence-corrected chi connectivity index (χ1v) is 9.64. The maximum atomic E-state index is 12.9. The fraction of sp³-hybridized carbons (Fsp3) is 0.476. The first-order valence-electron chi connectivity index (χ1n) is 9.64. The average Bonchev–Trinajstić information content (AvgIpc) is 3.25. The molecule has 0 unspecified atom stereocenters. The van der Waals surface area contributed by atoms with E-state index in [4.69, 9.17) is 4.74 Å². The first-order chi connectivity index (χ1) is 13.5. The first kappa shape index (κ1) is 18.5. The minimum Gasteiger partial charge on any atom is -0.478 e. The molecular formula is C21H27N5O2. The summed E-state index contributed by atoms with van der Waals surface area (Å²) in [4.78, 5) is 27.7. The van der Waals surface area contributed by atoms with Crippen molar-refractivity contribution in [2.45, 2.75) is 13.0 Å². The minimum absolute atomic E-state index is 0.0637. The highest BCUT2D eigenvalue weighted by Crippen LogP contribution is 2.47. The van der Waals surface area contributed by atoms with E-state index in [0.29, 0.717) is 17.7 Å². The number of carbonyl (C=O) groups excluding carboxylic acids is 1. The normalized spacial score (nSPS) is 23.6. The number of likely N-dealkylation sites (tertiary alicyclic amines) is 1. The van der Waals surface area contributed by atoms with Gasteiger partial charge in [0, 0.05) is 58.0 Å². The van der Waals surface area contributed by atoms with Gasteiger partial charge in [-0.1, -0.05) is 24.3 Å². The maximum Gasteiger partial charge on any atom is 0.320 e. The third-order valence-electron chi connectivity index (χ3n) is 5.94. The summed E-state index contributed by atoms with van der Waals surface area (Å²) in [6, 6.07) is 8.53. The van der Waals surface area contributed by atoms with E-state index in [2.05, 4.69) is 46.1 Å². The van der Waals surface area contributed by atoms with Crippen LogP contribution in [0.3, 0.4) is 0 Å². The zero-order valence-electron chi connectivity index (χ0n) is 16.9. The van der Waals surface area contributed by atoms with Crippen LogP contribution in [0.2, 0.25) is 0 Å². The molecule has 2 saturated heterocycles. The fourth-order valence-corrected chi connectivity index (χ4v) is 4.67. The number of hydrogen-bond donors (Lipinski definition) is 0. The monoisotopic (exact) mass is 381 g/mol. The predicted octanol–water partition coefficient (Wildman–Crippen LogP) is 2.58. The summed E-state index contributed by atoms with van der Waals surface area (Å²) in [6.07, 6.45) is 3.35. The van der Waals surface area contributed by atoms with Crippen LogP contribution in [0.4, 0.5) is 10.6 Å². The largest absolute Gasteiger partial charge is 0.478 e. The van der Waals surface area contributed by atoms with E-state index >= 15 is 0 Å². The van der Waals surface area contributed by atoms with Gasteiger partial charge in [-0.15, -0.1) is 0 Å². The molecule has 7 heteroatoms. The molecule has 0 radical (unpaired) electrons. The van der Waals surface area contributed by atoms with Crippen LogP contribution < -0.4 is 9.64 Å². The number of fused-ring (bicyclic) bond motifs is 1. The lowest BCUT2D eigenvalue weighted by Gasteiger charge is -2.32. The van der Waals surface area contributed by atoms with Crippen LogP contribution in [-0.2, 0) is 0 Å². The number of aromatic nitrogens is 2. The number of amides is 2. The second-order valence-electron chi connectivity index (χ2n) is 7.85. The van der Waals surface area contributed by atoms with Crippen molar-refractivity contribution in [3.63, 3.8) is 0 Å². The molecule has 28 heavy (non-hydrogen) atoms. The Morgan fingerprint density at radius 3 is 2.61 bits per heavy atom. The van der Waals surface area contributed by atoms with Gasteiger partial charge in [0.05, 0.1) is 13.2 Å². The van der Waals surface area contributed by atoms with Crippen molar-refractivity contribution < 1.29 is 9.53 Å². The van der Waals surface area contributed by atoms with E-state index in [-0.39, 0.29) is 12.1 Å². The van der Waals surface area contributed by atoms with Crippen LogP contribution in [-0.4, -0.2) is 66.6 Å². The second-order valence-corrected chi connectivity index (χ2v) is 7.85. The van der Waals surface area contributed by atoms with E-state index in [1.54, 1.807) is 24.4 Å². The number of methoxy groups -OCH3 is 1. The predicted molar refractivity (Wildman–Crippen MR) is 107 cm³/mol. The van der Waals surface area contributed by atoms with Crippen molar-refractivity contribution in [3.05, 3.63) is 47.8 Å². The molecule has 2 fully saturated rings. The second kappa shape index (κ2) is 7.30. The summed E-state index contributed by atoms with van der Waals surface area (Å²) in [5.41, 5.74) is 2.46. The van der Waals surface area contributed by atoms with Gasteiger partial charge < -0.3 is 19.4 Å². The lowest BCUT2D eigenvalue weighted by atomic mass is 9.88. The van der Waals surface area contributed by atoms with Crippen molar-refractivity contribution in [2.24, 2.45) is 11.8 Å². The Balaban J connectivity index is 1.68. The van der Waals surface area contributed by atoms with Crippen molar-refractivity contribution in [3.8, 4) is 5.88 Å². The van der Waals surface area contributed by atoms with E-state index in [0.717, 1.165) is 25.5 Å². The Morgan fingerprint density at radius 2 is 1.89 bits per heavy atom. The van der Waals surface area contributed by atoms with Crippen LogP contribution in [0.15, 0.2) is 36.7 Å². The van der Waals surface area contributed by atoms with Gasteiger partial charge in [-0.05, 0) is 18.1 Å². The molecule has 1 aromatic heterocycles. The number of anilines is 1. The van der Waals surface area contributed by atoms with E-state index in [1.165, 1.54) is 11.1 Å². The van der Waals surface area contributed by atoms with Gasteiger partial charge in [0.15, 0.2) is 5.82 Å². The van der Waals surface area contributed by atoms with Crippen LogP contribution in [0.25, 0.3) is 0 Å². The molecule has 3 heterocycles. The number of benzene rings is 1. The number of nitrogens with zero attached hydrogens (tertiary/aromatic N) is 5. The Bertz CT molecular complexity index is 871. The Kier molecular flexibility index (Phi) is 4.83. The van der Waals surface area contributed by atoms with Crippen molar-refractivity contribution in [1.82, 2.24) is 19.8 Å². The van der Waals surface area contributed by atoms with Gasteiger partial charge in [0.2, 0.25) is 0 Å². The van der Waals surface area contributed by atoms with Crippen molar-refractivity contribution in [2.75, 3.05) is 45.7 Å². The number of urea groups is 1. The van der Waals surface area contributed by atoms with Crippen LogP contribution in [0.5, 0.6) is 5.88 Å². The summed E-state index contributed by atoms with van der Waals surface area (Å²) in [5, 5.41) is 0. The number of aryl methyl sites for hydroxylation is 1. The Morgan fingerprint density at radius 1 is 1.14 bits per heavy atom. The molecule has 0 N–H and O–H groups in total. The Hall–Kier alpha value is -2.83. The third-order valence-corrected chi connectivity index (χ3v) is 5.94. The van der Waals surface area contributed by atoms with E-state index in [9.17, 15) is 4.79 Å². The summed E-state index contributed by atoms with van der Waals surface area (Å²) < 4.78 is 5.41. The van der Waals surface area contributed by atoms with Gasteiger partial charge in [-0.3, -0.25) is 0 Å². The number of hydrogen-bond acceptors (Lipinski definition) is 5. The lowest BCUT2D eigenvalue weighted by Crippen LogP contribution is -2.41. The maximum absolute atomic E-state index is 12.9. The molecule has 2 amide bonds. The molecular weight excluding hydrogens is 354 g/mol. The molecule has 0 saturated carbocycles. The van der Waals surface area contributed by atoms with Gasteiger partial charge in [0.25, 0.3) is 5.88 Å². The van der Waals surface area contributed by atoms with Crippen molar-refractivity contribution >= 4 is 11.8 Å². The molecule has 3 atom stereocenters. The quantitative estimate of drug-likeness (QED) is 0.818. The van der Waals surface area contributed by atoms with Crippen LogP contribution in [0.1, 0.15) is 17.2 Å². The minimum atomic E-state index is 0.0637. The molecule has 7 nitrogen and oxygen atoms in total. The number of ether oxygens (including phenoxy) is 1. The van der Waals surface area contributed by atoms with Crippen molar-refractivity contribution in [1.29, 1.82) is 0 Å². The summed E-state index contributed by atoms with van der Waals surface area (Å²) in [5.74, 6) is 2.07. The van der Waals surface area contributed by atoms with Gasteiger partial charge in [0.1, 0.15) is 0 Å². The summed E-state index contributed by atoms with van der Waals surface area (Å²) in [7, 11) is 5.27. The lowest BCUT2D eigenvalue weighted by molar-refractivity contribution is 0.159. The van der Waals surface area contributed by atoms with Gasteiger partial charge in [-0.25, -0.2) is 14.8 Å². The number of rotatable bonds is 3. The fourth-order valence-electron chi connectivity index (χ4n) is 4.67. The topological polar surface area (TPSA) is 61.8 Å². The van der Waals surface area contributed by atoms with Crippen LogP contribution in [0, 0.1) is 18.8 Å². The summed E-state index contributed by atoms with van der Waals surface area (Å²) in [6.45, 7) is 4.55. The molecule has 148 valence electrons. The zero-order valence-corrected chi connectivity index (χ0v) is 16.9. The SMILES string of the molecule is COc1nccnc1N1C[C@@H]2CN(C(=O)N(C)C)[C@@H](c3ccccc3C)[C@@H]2C1. The molecule has 4 rings (SSSR count). The van der Waals surface area contributed by atoms with E-state index in [1.807, 2.05) is 19.0 Å². The highest BCUT2D eigenvalue weighted by Gasteiger charge is 2.50. The Labute approximate surface area is 165 Å². The molecule has 2 aliphatic rings. The standard InChI is InChI=1S/C21H27N5O2/c1-14-7-5-6-8-16(14)18-17-13-25(19-20(28-4)23-10-9-22-19)11-15(17)12-26(18)21(27)24(2)3/h5-10,15,17-18H,11-13H2,1-4H3/t15-,17-,18+/m1/s1. The van der Waals surface area contributed by atoms with Gasteiger partial charge in [-0.2, -0.15) is 0 Å². The average molecular weight is 381 g/mol. The molecule has 0 bridgehead atoms. The molecule has 0 spiro atoms. The zero-order chi connectivity index (χ0) is 19.8. The highest BCUT2D eigenvalue weighted by molar-refractivity contribution is 5.75. The number of carbonyl (C=O) groups is 1. The smallest absolute Gasteiger partial charge is 0.320 e. The molecule has 2 aliphatic heterocycles. The van der Waals surface area contributed by atoms with Gasteiger partial charge >= 0.3 is 6.03 Å².